The maximum atomic E-state index is 11.7. The van der Waals surface area contributed by atoms with Crippen molar-refractivity contribution in [2.45, 2.75) is 19.8 Å². The van der Waals surface area contributed by atoms with Gasteiger partial charge in [0.2, 0.25) is 0 Å². The first kappa shape index (κ1) is 11.7. The number of rotatable bonds is 3. The van der Waals surface area contributed by atoms with E-state index in [1.807, 2.05) is 23.1 Å². The Hall–Kier alpha value is -0.780. The summed E-state index contributed by atoms with van der Waals surface area (Å²) in [5.41, 5.74) is 0.908. The molecule has 1 aromatic rings. The van der Waals surface area contributed by atoms with Crippen LogP contribution in [-0.4, -0.2) is 19.1 Å². The van der Waals surface area contributed by atoms with E-state index < -0.39 is 0 Å². The van der Waals surface area contributed by atoms with E-state index in [-0.39, 0.29) is 12.5 Å². The van der Waals surface area contributed by atoms with Crippen LogP contribution >= 0.6 is 22.6 Å². The molecule has 0 saturated heterocycles. The van der Waals surface area contributed by atoms with Gasteiger partial charge >= 0.3 is 0 Å². The Morgan fingerprint density at radius 3 is 3.06 bits per heavy atom. The molecular formula is C12H14INO2. The van der Waals surface area contributed by atoms with Crippen molar-refractivity contribution in [2.24, 2.45) is 0 Å². The van der Waals surface area contributed by atoms with Gasteiger partial charge in [0.05, 0.1) is 5.69 Å². The van der Waals surface area contributed by atoms with Gasteiger partial charge in [-0.1, -0.05) is 13.3 Å². The quantitative estimate of drug-likeness (QED) is 0.797. The molecule has 0 aromatic heterocycles. The number of ether oxygens (including phenoxy) is 1. The Morgan fingerprint density at radius 1 is 1.50 bits per heavy atom. The topological polar surface area (TPSA) is 29.5 Å². The first-order valence-corrected chi connectivity index (χ1v) is 6.53. The third-order valence-corrected chi connectivity index (χ3v) is 3.27. The van der Waals surface area contributed by atoms with Crippen molar-refractivity contribution in [2.75, 3.05) is 18.1 Å². The van der Waals surface area contributed by atoms with E-state index in [1.165, 1.54) is 0 Å². The SMILES string of the molecule is CCCCN1C(=O)COc2cc(I)ccc21. The van der Waals surface area contributed by atoms with Crippen molar-refractivity contribution in [3.63, 3.8) is 0 Å². The zero-order valence-electron chi connectivity index (χ0n) is 9.20. The van der Waals surface area contributed by atoms with Crippen molar-refractivity contribution in [3.05, 3.63) is 21.8 Å². The lowest BCUT2D eigenvalue weighted by Crippen LogP contribution is -2.39. The second-order valence-corrected chi connectivity index (χ2v) is 5.05. The molecule has 1 aliphatic rings. The number of anilines is 1. The summed E-state index contributed by atoms with van der Waals surface area (Å²) in [5, 5.41) is 0. The van der Waals surface area contributed by atoms with Crippen LogP contribution in [0.2, 0.25) is 0 Å². The van der Waals surface area contributed by atoms with Crippen LogP contribution in [0.25, 0.3) is 0 Å². The van der Waals surface area contributed by atoms with Crippen LogP contribution in [0.15, 0.2) is 18.2 Å². The van der Waals surface area contributed by atoms with Gasteiger partial charge in [-0.15, -0.1) is 0 Å². The van der Waals surface area contributed by atoms with Crippen molar-refractivity contribution in [3.8, 4) is 5.75 Å². The molecule has 86 valence electrons. The second kappa shape index (κ2) is 5.03. The predicted molar refractivity (Wildman–Crippen MR) is 71.9 cm³/mol. The molecule has 1 aromatic carbocycles. The Kier molecular flexibility index (Phi) is 3.68. The molecule has 2 rings (SSSR count). The number of carbonyl (C=O) groups excluding carboxylic acids is 1. The lowest BCUT2D eigenvalue weighted by Gasteiger charge is -2.29. The van der Waals surface area contributed by atoms with Gasteiger partial charge in [-0.3, -0.25) is 4.79 Å². The number of unbranched alkanes of at least 4 members (excludes halogenated alkanes) is 1. The summed E-state index contributed by atoms with van der Waals surface area (Å²) >= 11 is 2.24. The number of fused-ring (bicyclic) bond motifs is 1. The molecule has 1 aliphatic heterocycles. The summed E-state index contributed by atoms with van der Waals surface area (Å²) in [7, 11) is 0. The smallest absolute Gasteiger partial charge is 0.265 e. The van der Waals surface area contributed by atoms with E-state index in [0.717, 1.165) is 34.4 Å². The molecule has 0 aliphatic carbocycles. The van der Waals surface area contributed by atoms with E-state index in [0.29, 0.717) is 0 Å². The summed E-state index contributed by atoms with van der Waals surface area (Å²) in [6, 6.07) is 5.94. The Morgan fingerprint density at radius 2 is 2.31 bits per heavy atom. The molecule has 0 radical (unpaired) electrons. The summed E-state index contributed by atoms with van der Waals surface area (Å²) in [6.07, 6.45) is 2.11. The van der Waals surface area contributed by atoms with Gasteiger partial charge in [0.15, 0.2) is 6.61 Å². The molecule has 0 fully saturated rings. The number of amides is 1. The zero-order valence-corrected chi connectivity index (χ0v) is 11.4. The maximum Gasteiger partial charge on any atom is 0.265 e. The Bertz CT molecular complexity index is 406. The van der Waals surface area contributed by atoms with E-state index in [2.05, 4.69) is 29.5 Å². The van der Waals surface area contributed by atoms with E-state index in [1.54, 1.807) is 0 Å². The van der Waals surface area contributed by atoms with Gasteiger partial charge in [0.1, 0.15) is 5.75 Å². The normalized spacial score (nSPS) is 14.6. The van der Waals surface area contributed by atoms with Crippen LogP contribution in [0.4, 0.5) is 5.69 Å². The van der Waals surface area contributed by atoms with Gasteiger partial charge in [-0.2, -0.15) is 0 Å². The molecule has 1 heterocycles. The predicted octanol–water partition coefficient (Wildman–Crippen LogP) is 2.82. The molecular weight excluding hydrogens is 317 g/mol. The highest BCUT2D eigenvalue weighted by atomic mass is 127. The molecule has 0 bridgehead atoms. The number of carbonyl (C=O) groups is 1. The summed E-state index contributed by atoms with van der Waals surface area (Å²) in [6.45, 7) is 3.07. The van der Waals surface area contributed by atoms with Gasteiger partial charge < -0.3 is 9.64 Å². The molecule has 0 unspecified atom stereocenters. The van der Waals surface area contributed by atoms with Gasteiger partial charge in [0, 0.05) is 10.1 Å². The minimum atomic E-state index is 0.0576. The van der Waals surface area contributed by atoms with E-state index in [9.17, 15) is 4.79 Å². The van der Waals surface area contributed by atoms with Crippen LogP contribution in [-0.2, 0) is 4.79 Å². The molecule has 16 heavy (non-hydrogen) atoms. The highest BCUT2D eigenvalue weighted by Gasteiger charge is 2.24. The first-order chi connectivity index (χ1) is 7.72. The average molecular weight is 331 g/mol. The third-order valence-electron chi connectivity index (χ3n) is 2.60. The molecule has 0 spiro atoms. The zero-order chi connectivity index (χ0) is 11.5. The fourth-order valence-electron chi connectivity index (χ4n) is 1.74. The van der Waals surface area contributed by atoms with Crippen molar-refractivity contribution < 1.29 is 9.53 Å². The molecule has 3 nitrogen and oxygen atoms in total. The van der Waals surface area contributed by atoms with Crippen LogP contribution in [0.3, 0.4) is 0 Å². The highest BCUT2D eigenvalue weighted by Crippen LogP contribution is 2.33. The summed E-state index contributed by atoms with van der Waals surface area (Å²) in [4.78, 5) is 13.6. The van der Waals surface area contributed by atoms with Gasteiger partial charge in [-0.05, 0) is 47.2 Å². The highest BCUT2D eigenvalue weighted by molar-refractivity contribution is 14.1. The molecule has 0 saturated carbocycles. The maximum absolute atomic E-state index is 11.7. The van der Waals surface area contributed by atoms with E-state index >= 15 is 0 Å². The monoisotopic (exact) mass is 331 g/mol. The molecule has 0 atom stereocenters. The third kappa shape index (κ3) is 2.31. The fourth-order valence-corrected chi connectivity index (χ4v) is 2.20. The summed E-state index contributed by atoms with van der Waals surface area (Å²) in [5.74, 6) is 0.879. The molecule has 4 heteroatoms. The summed E-state index contributed by atoms with van der Waals surface area (Å²) < 4.78 is 6.56. The minimum absolute atomic E-state index is 0.0576. The van der Waals surface area contributed by atoms with Crippen LogP contribution in [0.5, 0.6) is 5.75 Å². The van der Waals surface area contributed by atoms with Crippen LogP contribution < -0.4 is 9.64 Å². The van der Waals surface area contributed by atoms with Crippen molar-refractivity contribution >= 4 is 34.2 Å². The Labute approximate surface area is 109 Å². The minimum Gasteiger partial charge on any atom is -0.482 e. The Balaban J connectivity index is 2.29. The lowest BCUT2D eigenvalue weighted by atomic mass is 10.2. The first-order valence-electron chi connectivity index (χ1n) is 5.45. The molecule has 0 N–H and O–H groups in total. The van der Waals surface area contributed by atoms with Crippen LogP contribution in [0.1, 0.15) is 19.8 Å². The fraction of sp³-hybridized carbons (Fsp3) is 0.417. The second-order valence-electron chi connectivity index (χ2n) is 3.80. The van der Waals surface area contributed by atoms with Gasteiger partial charge in [0.25, 0.3) is 5.91 Å². The van der Waals surface area contributed by atoms with Crippen molar-refractivity contribution in [1.29, 1.82) is 0 Å². The molecule has 1 amide bonds. The van der Waals surface area contributed by atoms with Crippen LogP contribution in [0, 0.1) is 3.57 Å². The number of benzene rings is 1. The average Bonchev–Trinajstić information content (AvgIpc) is 2.28. The van der Waals surface area contributed by atoms with E-state index in [4.69, 9.17) is 4.74 Å². The standard InChI is InChI=1S/C12H14INO2/c1-2-3-6-14-10-5-4-9(13)7-11(10)16-8-12(14)15/h4-5,7H,2-3,6,8H2,1H3. The van der Waals surface area contributed by atoms with Gasteiger partial charge in [-0.25, -0.2) is 0 Å². The number of nitrogens with zero attached hydrogens (tertiary/aromatic N) is 1. The number of hydrogen-bond acceptors (Lipinski definition) is 2. The number of halogens is 1. The van der Waals surface area contributed by atoms with Crippen molar-refractivity contribution in [1.82, 2.24) is 0 Å². The number of hydrogen-bond donors (Lipinski definition) is 0. The lowest BCUT2D eigenvalue weighted by molar-refractivity contribution is -0.121. The largest absolute Gasteiger partial charge is 0.482 e.